The second-order valence-electron chi connectivity index (χ2n) is 8.99. The number of ether oxygens (including phenoxy) is 4. The normalized spacial score (nSPS) is 12.1. The third-order valence-electron chi connectivity index (χ3n) is 6.03. The van der Waals surface area contributed by atoms with Crippen LogP contribution in [0.4, 0.5) is 0 Å². The zero-order valence-electron chi connectivity index (χ0n) is 22.5. The highest BCUT2D eigenvalue weighted by Gasteiger charge is 2.20. The summed E-state index contributed by atoms with van der Waals surface area (Å²) in [7, 11) is 1.71. The number of esters is 1. The molecule has 0 amide bonds. The molecule has 5 heteroatoms. The van der Waals surface area contributed by atoms with E-state index in [9.17, 15) is 4.79 Å². The van der Waals surface area contributed by atoms with E-state index >= 15 is 0 Å². The molecule has 1 atom stereocenters. The Hall–Kier alpha value is -3.57. The largest absolute Gasteiger partial charge is 0.496 e. The van der Waals surface area contributed by atoms with Crippen LogP contribution in [0.1, 0.15) is 50.3 Å². The van der Waals surface area contributed by atoms with E-state index in [1.807, 2.05) is 49.4 Å². The molecule has 0 heterocycles. The number of rotatable bonds is 13. The number of hydrogen-bond donors (Lipinski definition) is 0. The zero-order chi connectivity index (χ0) is 26.6. The van der Waals surface area contributed by atoms with Crippen molar-refractivity contribution in [3.63, 3.8) is 0 Å². The van der Waals surface area contributed by atoms with Crippen molar-refractivity contribution >= 4 is 12.0 Å². The second kappa shape index (κ2) is 14.2. The van der Waals surface area contributed by atoms with E-state index in [2.05, 4.69) is 50.2 Å². The highest BCUT2D eigenvalue weighted by molar-refractivity contribution is 5.75. The van der Waals surface area contributed by atoms with Crippen LogP contribution in [-0.2, 0) is 20.7 Å². The van der Waals surface area contributed by atoms with Crippen LogP contribution in [0.15, 0.2) is 72.8 Å². The molecule has 0 fully saturated rings. The van der Waals surface area contributed by atoms with E-state index in [1.165, 1.54) is 5.56 Å². The highest BCUT2D eigenvalue weighted by Crippen LogP contribution is 2.33. The molecule has 0 aliphatic heterocycles. The SMILES string of the molecule is CCOC(=O)C(Cc1ccc(OCC=Cc2ccc(-c3cc(C(C)C)ccc3OC)cc2)cc1)OCC. The van der Waals surface area contributed by atoms with Crippen LogP contribution in [0.5, 0.6) is 11.5 Å². The maximum atomic E-state index is 12.1. The Balaban J connectivity index is 1.55. The fourth-order valence-corrected chi connectivity index (χ4v) is 4.00. The lowest BCUT2D eigenvalue weighted by molar-refractivity contribution is -0.156. The molecule has 0 saturated heterocycles. The van der Waals surface area contributed by atoms with Crippen molar-refractivity contribution in [2.75, 3.05) is 26.9 Å². The van der Waals surface area contributed by atoms with Crippen LogP contribution in [0, 0.1) is 0 Å². The van der Waals surface area contributed by atoms with Gasteiger partial charge >= 0.3 is 5.97 Å². The second-order valence-corrected chi connectivity index (χ2v) is 8.99. The summed E-state index contributed by atoms with van der Waals surface area (Å²) < 4.78 is 22.1. The first-order valence-corrected chi connectivity index (χ1v) is 12.9. The van der Waals surface area contributed by atoms with Crippen molar-refractivity contribution in [1.29, 1.82) is 0 Å². The van der Waals surface area contributed by atoms with Gasteiger partial charge in [-0.3, -0.25) is 0 Å². The summed E-state index contributed by atoms with van der Waals surface area (Å²) in [6.45, 7) is 9.30. The fraction of sp³-hybridized carbons (Fsp3) is 0.344. The monoisotopic (exact) mass is 502 g/mol. The molecular weight excluding hydrogens is 464 g/mol. The average Bonchev–Trinajstić information content (AvgIpc) is 2.91. The minimum Gasteiger partial charge on any atom is -0.496 e. The third-order valence-corrected chi connectivity index (χ3v) is 6.03. The van der Waals surface area contributed by atoms with E-state index < -0.39 is 6.10 Å². The summed E-state index contributed by atoms with van der Waals surface area (Å²) in [5, 5.41) is 0. The molecule has 0 bridgehead atoms. The summed E-state index contributed by atoms with van der Waals surface area (Å²) in [6.07, 6.45) is 3.92. The van der Waals surface area contributed by atoms with Crippen molar-refractivity contribution < 1.29 is 23.7 Å². The molecule has 0 saturated carbocycles. The molecule has 0 spiro atoms. The Morgan fingerprint density at radius 2 is 1.65 bits per heavy atom. The topological polar surface area (TPSA) is 54.0 Å². The van der Waals surface area contributed by atoms with Gasteiger partial charge in [0.05, 0.1) is 13.7 Å². The number of hydrogen-bond acceptors (Lipinski definition) is 5. The van der Waals surface area contributed by atoms with E-state index in [1.54, 1.807) is 14.0 Å². The molecule has 1 unspecified atom stereocenters. The summed E-state index contributed by atoms with van der Waals surface area (Å²) in [6, 6.07) is 22.5. The van der Waals surface area contributed by atoms with Gasteiger partial charge in [0.2, 0.25) is 0 Å². The lowest BCUT2D eigenvalue weighted by atomic mass is 9.96. The van der Waals surface area contributed by atoms with E-state index in [4.69, 9.17) is 18.9 Å². The summed E-state index contributed by atoms with van der Waals surface area (Å²) in [5.41, 5.74) is 5.61. The first-order valence-electron chi connectivity index (χ1n) is 12.9. The molecular formula is C32H38O5. The van der Waals surface area contributed by atoms with Gasteiger partial charge in [0.15, 0.2) is 6.10 Å². The highest BCUT2D eigenvalue weighted by atomic mass is 16.6. The predicted molar refractivity (Wildman–Crippen MR) is 149 cm³/mol. The van der Waals surface area contributed by atoms with Gasteiger partial charge in [-0.15, -0.1) is 0 Å². The molecule has 0 radical (unpaired) electrons. The predicted octanol–water partition coefficient (Wildman–Crippen LogP) is 7.09. The van der Waals surface area contributed by atoms with Crippen LogP contribution in [0.3, 0.4) is 0 Å². The molecule has 0 aliphatic rings. The van der Waals surface area contributed by atoms with Crippen LogP contribution in [0.25, 0.3) is 17.2 Å². The Kier molecular flexibility index (Phi) is 10.8. The first-order chi connectivity index (χ1) is 17.9. The van der Waals surface area contributed by atoms with Gasteiger partial charge in [-0.05, 0) is 72.4 Å². The minimum atomic E-state index is -0.591. The first kappa shape index (κ1) is 28.0. The van der Waals surface area contributed by atoms with Gasteiger partial charge in [0.1, 0.15) is 18.1 Å². The van der Waals surface area contributed by atoms with Crippen molar-refractivity contribution in [2.45, 2.75) is 46.1 Å². The molecule has 5 nitrogen and oxygen atoms in total. The fourth-order valence-electron chi connectivity index (χ4n) is 4.00. The standard InChI is InChI=1S/C32H38O5/c1-6-35-31(32(33)36-7-2)21-25-12-17-28(18-13-25)37-20-8-9-24-10-14-26(15-11-24)29-22-27(23(3)4)16-19-30(29)34-5/h8-19,22-23,31H,6-7,20-21H2,1-5H3. The third kappa shape index (κ3) is 8.22. The van der Waals surface area contributed by atoms with Gasteiger partial charge in [0.25, 0.3) is 0 Å². The minimum absolute atomic E-state index is 0.328. The van der Waals surface area contributed by atoms with Gasteiger partial charge in [-0.2, -0.15) is 0 Å². The van der Waals surface area contributed by atoms with Crippen LogP contribution >= 0.6 is 0 Å². The average molecular weight is 503 g/mol. The molecule has 37 heavy (non-hydrogen) atoms. The Morgan fingerprint density at radius 3 is 2.27 bits per heavy atom. The number of carbonyl (C=O) groups excluding carboxylic acids is 1. The summed E-state index contributed by atoms with van der Waals surface area (Å²) >= 11 is 0. The molecule has 0 N–H and O–H groups in total. The van der Waals surface area contributed by atoms with E-state index in [0.717, 1.165) is 33.8 Å². The van der Waals surface area contributed by atoms with Crippen LogP contribution < -0.4 is 9.47 Å². The van der Waals surface area contributed by atoms with Gasteiger partial charge in [0, 0.05) is 18.6 Å². The van der Waals surface area contributed by atoms with E-state index in [-0.39, 0.29) is 5.97 Å². The van der Waals surface area contributed by atoms with Crippen LogP contribution in [-0.4, -0.2) is 39.0 Å². The van der Waals surface area contributed by atoms with E-state index in [0.29, 0.717) is 32.2 Å². The van der Waals surface area contributed by atoms with Gasteiger partial charge in [-0.1, -0.05) is 62.4 Å². The Labute approximate surface area is 221 Å². The van der Waals surface area contributed by atoms with Crippen molar-refractivity contribution in [3.8, 4) is 22.6 Å². The number of benzene rings is 3. The summed E-state index contributed by atoms with van der Waals surface area (Å²) in [5.74, 6) is 1.78. The smallest absolute Gasteiger partial charge is 0.335 e. The maximum Gasteiger partial charge on any atom is 0.335 e. The van der Waals surface area contributed by atoms with Gasteiger partial charge < -0.3 is 18.9 Å². The lowest BCUT2D eigenvalue weighted by Gasteiger charge is -2.15. The zero-order valence-corrected chi connectivity index (χ0v) is 22.5. The number of methoxy groups -OCH3 is 1. The Bertz CT molecular complexity index is 1150. The van der Waals surface area contributed by atoms with Crippen LogP contribution in [0.2, 0.25) is 0 Å². The Morgan fingerprint density at radius 1 is 0.919 bits per heavy atom. The molecule has 3 aromatic carbocycles. The van der Waals surface area contributed by atoms with Crippen molar-refractivity contribution in [2.24, 2.45) is 0 Å². The van der Waals surface area contributed by atoms with Crippen molar-refractivity contribution in [3.05, 3.63) is 89.5 Å². The molecule has 3 rings (SSSR count). The van der Waals surface area contributed by atoms with Crippen molar-refractivity contribution in [1.82, 2.24) is 0 Å². The van der Waals surface area contributed by atoms with Gasteiger partial charge in [-0.25, -0.2) is 4.79 Å². The molecule has 3 aromatic rings. The number of carbonyl (C=O) groups is 1. The quantitative estimate of drug-likeness (QED) is 0.234. The lowest BCUT2D eigenvalue weighted by Crippen LogP contribution is -2.28. The molecule has 0 aliphatic carbocycles. The maximum absolute atomic E-state index is 12.1. The molecule has 0 aromatic heterocycles. The summed E-state index contributed by atoms with van der Waals surface area (Å²) in [4.78, 5) is 12.1. The molecule has 196 valence electrons.